The molecule has 0 bridgehead atoms. The maximum absolute atomic E-state index is 5.88. The molecule has 0 spiro atoms. The fourth-order valence-corrected chi connectivity index (χ4v) is 1.96. The van der Waals surface area contributed by atoms with E-state index in [9.17, 15) is 0 Å². The van der Waals surface area contributed by atoms with Crippen molar-refractivity contribution < 1.29 is 0 Å². The van der Waals surface area contributed by atoms with E-state index in [1.54, 1.807) is 0 Å². The van der Waals surface area contributed by atoms with E-state index in [0.29, 0.717) is 12.5 Å². The average Bonchev–Trinajstić information content (AvgIpc) is 2.53. The van der Waals surface area contributed by atoms with Gasteiger partial charge in [0.1, 0.15) is 0 Å². The van der Waals surface area contributed by atoms with Gasteiger partial charge in [0.25, 0.3) is 0 Å². The van der Waals surface area contributed by atoms with E-state index in [1.165, 1.54) is 5.56 Å². The number of hydrogen-bond acceptors (Lipinski definition) is 1. The smallest absolute Gasteiger partial charge is 0.193 e. The summed E-state index contributed by atoms with van der Waals surface area (Å²) in [5.74, 6) is 0.431. The van der Waals surface area contributed by atoms with E-state index in [1.807, 2.05) is 42.5 Å². The van der Waals surface area contributed by atoms with Crippen LogP contribution in [0.2, 0.25) is 0 Å². The first-order valence-electron chi connectivity index (χ1n) is 7.15. The lowest BCUT2D eigenvalue weighted by Gasteiger charge is -2.06. The van der Waals surface area contributed by atoms with Gasteiger partial charge in [0.15, 0.2) is 5.96 Å². The van der Waals surface area contributed by atoms with Crippen LogP contribution < -0.4 is 11.1 Å². The van der Waals surface area contributed by atoms with Crippen molar-refractivity contribution in [3.63, 3.8) is 0 Å². The molecule has 0 aliphatic rings. The van der Waals surface area contributed by atoms with Crippen molar-refractivity contribution in [2.75, 3.05) is 11.9 Å². The molecule has 2 rings (SSSR count). The number of anilines is 1. The standard InChI is InChI=1S/C18H21N3/c1-2-15-10-6-12-17(14-15)21-18(19)20-13-7-11-16-8-4-3-5-9-16/h3-12,14H,2,13H2,1H3,(H3,19,20,21). The number of aliphatic imine (C=N–C) groups is 1. The number of hydrogen-bond donors (Lipinski definition) is 2. The van der Waals surface area contributed by atoms with Gasteiger partial charge in [-0.25, -0.2) is 4.99 Å². The van der Waals surface area contributed by atoms with Gasteiger partial charge in [-0.2, -0.15) is 0 Å². The highest BCUT2D eigenvalue weighted by Crippen LogP contribution is 2.10. The van der Waals surface area contributed by atoms with Crippen LogP contribution in [0.3, 0.4) is 0 Å². The molecule has 0 amide bonds. The van der Waals surface area contributed by atoms with Crippen LogP contribution in [0.25, 0.3) is 6.08 Å². The Morgan fingerprint density at radius 2 is 1.95 bits per heavy atom. The molecule has 2 aromatic rings. The summed E-state index contributed by atoms with van der Waals surface area (Å²) in [6.07, 6.45) is 5.03. The van der Waals surface area contributed by atoms with Crippen molar-refractivity contribution >= 4 is 17.7 Å². The summed E-state index contributed by atoms with van der Waals surface area (Å²) in [6, 6.07) is 18.3. The van der Waals surface area contributed by atoms with Crippen molar-refractivity contribution in [1.29, 1.82) is 0 Å². The Kier molecular flexibility index (Phi) is 5.59. The average molecular weight is 279 g/mol. The van der Waals surface area contributed by atoms with Gasteiger partial charge in [-0.3, -0.25) is 0 Å². The summed E-state index contributed by atoms with van der Waals surface area (Å²) < 4.78 is 0. The summed E-state index contributed by atoms with van der Waals surface area (Å²) in [4.78, 5) is 4.29. The Labute approximate surface area is 126 Å². The molecule has 0 unspecified atom stereocenters. The predicted molar refractivity (Wildman–Crippen MR) is 91.4 cm³/mol. The minimum atomic E-state index is 0.431. The van der Waals surface area contributed by atoms with Crippen LogP contribution in [0.5, 0.6) is 0 Å². The SMILES string of the molecule is CCc1cccc(NC(N)=NCC=Cc2ccccc2)c1. The van der Waals surface area contributed by atoms with E-state index < -0.39 is 0 Å². The molecule has 3 heteroatoms. The molecule has 0 radical (unpaired) electrons. The molecule has 2 aromatic carbocycles. The van der Waals surface area contributed by atoms with Gasteiger partial charge in [-0.1, -0.05) is 61.5 Å². The van der Waals surface area contributed by atoms with Gasteiger partial charge in [0.05, 0.1) is 6.54 Å². The van der Waals surface area contributed by atoms with Crippen molar-refractivity contribution in [1.82, 2.24) is 0 Å². The van der Waals surface area contributed by atoms with Crippen LogP contribution in [-0.2, 0) is 6.42 Å². The number of nitrogens with zero attached hydrogens (tertiary/aromatic N) is 1. The number of nitrogens with one attached hydrogen (secondary N) is 1. The lowest BCUT2D eigenvalue weighted by Crippen LogP contribution is -2.22. The molecule has 0 aromatic heterocycles. The third-order valence-corrected chi connectivity index (χ3v) is 3.08. The number of rotatable bonds is 5. The first-order valence-corrected chi connectivity index (χ1v) is 7.15. The van der Waals surface area contributed by atoms with E-state index in [0.717, 1.165) is 17.7 Å². The second kappa shape index (κ2) is 7.90. The van der Waals surface area contributed by atoms with Gasteiger partial charge in [0.2, 0.25) is 0 Å². The van der Waals surface area contributed by atoms with Gasteiger partial charge in [-0.15, -0.1) is 0 Å². The second-order valence-corrected chi connectivity index (χ2v) is 4.72. The Hall–Kier alpha value is -2.55. The molecule has 0 heterocycles. The molecular formula is C18H21N3. The predicted octanol–water partition coefficient (Wildman–Crippen LogP) is 3.69. The van der Waals surface area contributed by atoms with Gasteiger partial charge >= 0.3 is 0 Å². The largest absolute Gasteiger partial charge is 0.370 e. The van der Waals surface area contributed by atoms with Gasteiger partial charge < -0.3 is 11.1 Å². The first-order chi connectivity index (χ1) is 10.3. The number of guanidine groups is 1. The zero-order valence-electron chi connectivity index (χ0n) is 12.3. The first kappa shape index (κ1) is 14.9. The van der Waals surface area contributed by atoms with Crippen molar-refractivity contribution in [3.05, 3.63) is 71.8 Å². The molecule has 3 N–H and O–H groups in total. The summed E-state index contributed by atoms with van der Waals surface area (Å²) in [5.41, 5.74) is 9.29. The fourth-order valence-electron chi connectivity index (χ4n) is 1.96. The van der Waals surface area contributed by atoms with Crippen LogP contribution in [0, 0.1) is 0 Å². The van der Waals surface area contributed by atoms with E-state index >= 15 is 0 Å². The fraction of sp³-hybridized carbons (Fsp3) is 0.167. The minimum Gasteiger partial charge on any atom is -0.370 e. The summed E-state index contributed by atoms with van der Waals surface area (Å²) in [6.45, 7) is 2.69. The van der Waals surface area contributed by atoms with E-state index in [-0.39, 0.29) is 0 Å². The Morgan fingerprint density at radius 3 is 2.71 bits per heavy atom. The molecule has 21 heavy (non-hydrogen) atoms. The van der Waals surface area contributed by atoms with Gasteiger partial charge in [-0.05, 0) is 29.7 Å². The zero-order chi connectivity index (χ0) is 14.9. The Morgan fingerprint density at radius 1 is 1.14 bits per heavy atom. The summed E-state index contributed by atoms with van der Waals surface area (Å²) in [5, 5.41) is 3.11. The van der Waals surface area contributed by atoms with Crippen molar-refractivity contribution in [2.24, 2.45) is 10.7 Å². The summed E-state index contributed by atoms with van der Waals surface area (Å²) in [7, 11) is 0. The van der Waals surface area contributed by atoms with Crippen molar-refractivity contribution in [3.8, 4) is 0 Å². The topological polar surface area (TPSA) is 50.4 Å². The lowest BCUT2D eigenvalue weighted by atomic mass is 10.1. The highest BCUT2D eigenvalue weighted by atomic mass is 15.1. The molecule has 0 aliphatic carbocycles. The number of nitrogens with two attached hydrogens (primary N) is 1. The molecular weight excluding hydrogens is 258 g/mol. The third-order valence-electron chi connectivity index (χ3n) is 3.08. The Balaban J connectivity index is 1.88. The van der Waals surface area contributed by atoms with Crippen molar-refractivity contribution in [2.45, 2.75) is 13.3 Å². The highest BCUT2D eigenvalue weighted by molar-refractivity contribution is 5.92. The molecule has 0 saturated heterocycles. The lowest BCUT2D eigenvalue weighted by molar-refractivity contribution is 1.14. The van der Waals surface area contributed by atoms with Crippen LogP contribution in [0.4, 0.5) is 5.69 Å². The Bertz CT molecular complexity index is 615. The third kappa shape index (κ3) is 5.15. The molecule has 3 nitrogen and oxygen atoms in total. The molecule has 108 valence electrons. The second-order valence-electron chi connectivity index (χ2n) is 4.72. The van der Waals surface area contributed by atoms with Crippen LogP contribution in [0.1, 0.15) is 18.1 Å². The highest BCUT2D eigenvalue weighted by Gasteiger charge is 1.95. The summed E-state index contributed by atoms with van der Waals surface area (Å²) >= 11 is 0. The number of aryl methyl sites for hydroxylation is 1. The minimum absolute atomic E-state index is 0.431. The van der Waals surface area contributed by atoms with E-state index in [4.69, 9.17) is 5.73 Å². The quantitative estimate of drug-likeness (QED) is 0.648. The van der Waals surface area contributed by atoms with E-state index in [2.05, 4.69) is 41.5 Å². The van der Waals surface area contributed by atoms with Crippen LogP contribution >= 0.6 is 0 Å². The van der Waals surface area contributed by atoms with Gasteiger partial charge in [0, 0.05) is 5.69 Å². The molecule has 0 atom stereocenters. The molecule has 0 fully saturated rings. The number of benzene rings is 2. The molecule has 0 aliphatic heterocycles. The van der Waals surface area contributed by atoms with Crippen LogP contribution in [-0.4, -0.2) is 12.5 Å². The maximum atomic E-state index is 5.88. The normalized spacial score (nSPS) is 11.8. The maximum Gasteiger partial charge on any atom is 0.193 e. The van der Waals surface area contributed by atoms with Crippen LogP contribution in [0.15, 0.2) is 65.7 Å². The molecule has 0 saturated carbocycles. The monoisotopic (exact) mass is 279 g/mol. The zero-order valence-corrected chi connectivity index (χ0v) is 12.3.